The van der Waals surface area contributed by atoms with Crippen molar-refractivity contribution in [2.24, 2.45) is 5.41 Å². The predicted octanol–water partition coefficient (Wildman–Crippen LogP) is 1.63. The zero-order valence-corrected chi connectivity index (χ0v) is 8.87. The van der Waals surface area contributed by atoms with E-state index in [1.54, 1.807) is 0 Å². The van der Waals surface area contributed by atoms with Gasteiger partial charge in [0.1, 0.15) is 6.61 Å². The maximum absolute atomic E-state index is 11.1. The number of thioether (sulfide) groups is 1. The minimum Gasteiger partial charge on any atom is -0.447 e. The van der Waals surface area contributed by atoms with Gasteiger partial charge in [-0.05, 0) is 17.6 Å². The molecule has 1 amide bonds. The summed E-state index contributed by atoms with van der Waals surface area (Å²) in [5.74, 6) is 2.16. The average Bonchev–Trinajstić information content (AvgIpc) is 2.41. The molecular formula is C9H15NO2S. The molecular weight excluding hydrogens is 186 g/mol. The average molecular weight is 201 g/mol. The van der Waals surface area contributed by atoms with E-state index in [0.29, 0.717) is 6.61 Å². The van der Waals surface area contributed by atoms with Crippen LogP contribution in [-0.2, 0) is 4.74 Å². The van der Waals surface area contributed by atoms with E-state index in [2.05, 4.69) is 19.2 Å². The lowest BCUT2D eigenvalue weighted by atomic mass is 9.72. The Labute approximate surface area is 82.6 Å². The second-order valence-corrected chi connectivity index (χ2v) is 5.57. The first-order chi connectivity index (χ1) is 6.06. The van der Waals surface area contributed by atoms with Gasteiger partial charge in [-0.1, -0.05) is 13.8 Å². The van der Waals surface area contributed by atoms with Crippen LogP contribution in [-0.4, -0.2) is 29.7 Å². The molecule has 2 aliphatic heterocycles. The molecule has 74 valence electrons. The van der Waals surface area contributed by atoms with Crippen LogP contribution in [0.25, 0.3) is 0 Å². The second kappa shape index (κ2) is 2.80. The van der Waals surface area contributed by atoms with Gasteiger partial charge in [-0.25, -0.2) is 4.79 Å². The molecule has 1 N–H and O–H groups in total. The van der Waals surface area contributed by atoms with Gasteiger partial charge in [0.2, 0.25) is 0 Å². The molecule has 0 aromatic heterocycles. The molecule has 1 atom stereocenters. The quantitative estimate of drug-likeness (QED) is 0.647. The molecule has 0 aromatic carbocycles. The fraction of sp³-hybridized carbons (Fsp3) is 0.889. The predicted molar refractivity (Wildman–Crippen MR) is 52.9 cm³/mol. The van der Waals surface area contributed by atoms with Crippen molar-refractivity contribution in [3.8, 4) is 0 Å². The third kappa shape index (κ3) is 1.31. The Kier molecular flexibility index (Phi) is 1.98. The summed E-state index contributed by atoms with van der Waals surface area (Å²) in [6, 6.07) is 0. The number of nitrogens with one attached hydrogen (secondary N) is 1. The van der Waals surface area contributed by atoms with E-state index in [4.69, 9.17) is 4.74 Å². The van der Waals surface area contributed by atoms with Gasteiger partial charge in [0.05, 0.1) is 5.54 Å². The molecule has 2 rings (SSSR count). The Morgan fingerprint density at radius 3 is 2.85 bits per heavy atom. The lowest BCUT2D eigenvalue weighted by Gasteiger charge is -2.45. The van der Waals surface area contributed by atoms with Gasteiger partial charge in [-0.2, -0.15) is 11.8 Å². The monoisotopic (exact) mass is 201 g/mol. The highest BCUT2D eigenvalue weighted by Gasteiger charge is 2.52. The minimum atomic E-state index is -0.254. The molecule has 1 spiro atoms. The maximum Gasteiger partial charge on any atom is 0.407 e. The van der Waals surface area contributed by atoms with Crippen molar-refractivity contribution in [1.29, 1.82) is 0 Å². The van der Waals surface area contributed by atoms with Gasteiger partial charge in [-0.3, -0.25) is 0 Å². The first-order valence-corrected chi connectivity index (χ1v) is 5.74. The van der Waals surface area contributed by atoms with Gasteiger partial charge in [-0.15, -0.1) is 0 Å². The van der Waals surface area contributed by atoms with E-state index < -0.39 is 0 Å². The number of hydrogen-bond acceptors (Lipinski definition) is 3. The number of hydrogen-bond donors (Lipinski definition) is 1. The van der Waals surface area contributed by atoms with Crippen LogP contribution in [0.3, 0.4) is 0 Å². The summed E-state index contributed by atoms with van der Waals surface area (Å²) in [5, 5.41) is 2.98. The number of rotatable bonds is 0. The van der Waals surface area contributed by atoms with E-state index in [1.165, 1.54) is 5.75 Å². The Balaban J connectivity index is 2.23. The van der Waals surface area contributed by atoms with Crippen LogP contribution >= 0.6 is 11.8 Å². The molecule has 2 heterocycles. The van der Waals surface area contributed by atoms with E-state index in [0.717, 1.165) is 12.2 Å². The molecule has 2 fully saturated rings. The smallest absolute Gasteiger partial charge is 0.407 e. The normalized spacial score (nSPS) is 37.2. The van der Waals surface area contributed by atoms with E-state index in [1.807, 2.05) is 11.8 Å². The Morgan fingerprint density at radius 2 is 2.31 bits per heavy atom. The van der Waals surface area contributed by atoms with E-state index in [9.17, 15) is 4.79 Å². The van der Waals surface area contributed by atoms with Crippen molar-refractivity contribution < 1.29 is 9.53 Å². The minimum absolute atomic E-state index is 0.118. The Morgan fingerprint density at radius 1 is 1.54 bits per heavy atom. The standard InChI is InChI=1S/C9H15NO2S/c1-8(2)3-4-13-6-9(8)5-12-7(11)10-9/h3-6H2,1-2H3,(H,10,11). The zero-order chi connectivity index (χ0) is 9.53. The number of cyclic esters (lactones) is 1. The summed E-state index contributed by atoms with van der Waals surface area (Å²) >= 11 is 1.90. The summed E-state index contributed by atoms with van der Waals surface area (Å²) < 4.78 is 5.02. The second-order valence-electron chi connectivity index (χ2n) is 4.47. The van der Waals surface area contributed by atoms with E-state index in [-0.39, 0.29) is 17.0 Å². The molecule has 0 bridgehead atoms. The van der Waals surface area contributed by atoms with Crippen molar-refractivity contribution in [2.75, 3.05) is 18.1 Å². The molecule has 2 saturated heterocycles. The molecule has 0 aromatic rings. The number of ether oxygens (including phenoxy) is 1. The van der Waals surface area contributed by atoms with Gasteiger partial charge in [0.25, 0.3) is 0 Å². The summed E-state index contributed by atoms with van der Waals surface area (Å²) in [4.78, 5) is 11.1. The maximum atomic E-state index is 11.1. The fourth-order valence-electron chi connectivity index (χ4n) is 1.91. The number of carbonyl (C=O) groups is 1. The van der Waals surface area contributed by atoms with Crippen molar-refractivity contribution in [3.63, 3.8) is 0 Å². The zero-order valence-electron chi connectivity index (χ0n) is 8.05. The number of amides is 1. The lowest BCUT2D eigenvalue weighted by Crippen LogP contribution is -2.59. The van der Waals surface area contributed by atoms with Gasteiger partial charge < -0.3 is 10.1 Å². The highest BCUT2D eigenvalue weighted by atomic mass is 32.2. The Bertz CT molecular complexity index is 242. The van der Waals surface area contributed by atoms with Crippen LogP contribution in [0, 0.1) is 5.41 Å². The van der Waals surface area contributed by atoms with Crippen LogP contribution in [0.2, 0.25) is 0 Å². The lowest BCUT2D eigenvalue weighted by molar-refractivity contribution is 0.123. The number of alkyl carbamates (subject to hydrolysis) is 1. The largest absolute Gasteiger partial charge is 0.447 e. The SMILES string of the molecule is CC1(C)CCSCC12COC(=O)N2. The van der Waals surface area contributed by atoms with Gasteiger partial charge in [0, 0.05) is 5.75 Å². The molecule has 0 aliphatic carbocycles. The molecule has 13 heavy (non-hydrogen) atoms. The molecule has 0 radical (unpaired) electrons. The third-order valence-electron chi connectivity index (χ3n) is 3.31. The summed E-state index contributed by atoms with van der Waals surface area (Å²) in [7, 11) is 0. The van der Waals surface area contributed by atoms with Crippen molar-refractivity contribution >= 4 is 17.9 Å². The molecule has 3 nitrogen and oxygen atoms in total. The first kappa shape index (κ1) is 9.19. The molecule has 4 heteroatoms. The molecule has 1 unspecified atom stereocenters. The summed E-state index contributed by atoms with van der Waals surface area (Å²) in [6.45, 7) is 4.95. The van der Waals surface area contributed by atoms with Crippen LogP contribution in [0.1, 0.15) is 20.3 Å². The fourth-order valence-corrected chi connectivity index (χ4v) is 3.60. The molecule has 2 aliphatic rings. The van der Waals surface area contributed by atoms with Crippen LogP contribution < -0.4 is 5.32 Å². The van der Waals surface area contributed by atoms with Gasteiger partial charge in [0.15, 0.2) is 0 Å². The van der Waals surface area contributed by atoms with Gasteiger partial charge >= 0.3 is 6.09 Å². The van der Waals surface area contributed by atoms with Crippen molar-refractivity contribution in [1.82, 2.24) is 5.32 Å². The highest BCUT2D eigenvalue weighted by Crippen LogP contribution is 2.44. The van der Waals surface area contributed by atoms with Crippen LogP contribution in [0.4, 0.5) is 4.79 Å². The summed E-state index contributed by atoms with van der Waals surface area (Å²) in [6.07, 6.45) is 0.886. The van der Waals surface area contributed by atoms with Crippen LogP contribution in [0.5, 0.6) is 0 Å². The highest BCUT2D eigenvalue weighted by molar-refractivity contribution is 7.99. The number of carbonyl (C=O) groups excluding carboxylic acids is 1. The Hall–Kier alpha value is -0.380. The van der Waals surface area contributed by atoms with Crippen molar-refractivity contribution in [3.05, 3.63) is 0 Å². The molecule has 0 saturated carbocycles. The topological polar surface area (TPSA) is 38.3 Å². The van der Waals surface area contributed by atoms with E-state index >= 15 is 0 Å². The van der Waals surface area contributed by atoms with Crippen LogP contribution in [0.15, 0.2) is 0 Å². The first-order valence-electron chi connectivity index (χ1n) is 4.58. The van der Waals surface area contributed by atoms with Crippen molar-refractivity contribution in [2.45, 2.75) is 25.8 Å². The third-order valence-corrected chi connectivity index (χ3v) is 4.50. The summed E-state index contributed by atoms with van der Waals surface area (Å²) in [5.41, 5.74) is 0.0391.